The van der Waals surface area contributed by atoms with Gasteiger partial charge in [0.25, 0.3) is 0 Å². The fourth-order valence-corrected chi connectivity index (χ4v) is 4.76. The molecule has 1 aromatic rings. The summed E-state index contributed by atoms with van der Waals surface area (Å²) in [5.41, 5.74) is 7.59. The maximum atomic E-state index is 12.5. The number of aliphatic hydroxyl groups is 1. The lowest BCUT2D eigenvalue weighted by Crippen LogP contribution is -2.32. The number of rotatable bonds is 5. The van der Waals surface area contributed by atoms with Crippen LogP contribution < -0.4 is 10.5 Å². The molecular formula is C15H24N2O3S. The van der Waals surface area contributed by atoms with Crippen LogP contribution in [-0.4, -0.2) is 26.7 Å². The van der Waals surface area contributed by atoms with Crippen molar-refractivity contribution in [3.63, 3.8) is 0 Å². The van der Waals surface area contributed by atoms with Crippen molar-refractivity contribution in [2.45, 2.75) is 38.0 Å². The molecule has 1 aliphatic rings. The van der Waals surface area contributed by atoms with Crippen molar-refractivity contribution < 1.29 is 13.5 Å². The lowest BCUT2D eigenvalue weighted by Gasteiger charge is -2.19. The van der Waals surface area contributed by atoms with Gasteiger partial charge in [-0.3, -0.25) is 0 Å². The van der Waals surface area contributed by atoms with Crippen molar-refractivity contribution >= 4 is 15.7 Å². The average molecular weight is 312 g/mol. The van der Waals surface area contributed by atoms with Crippen LogP contribution in [0, 0.1) is 25.7 Å². The molecule has 0 spiro atoms. The zero-order chi connectivity index (χ0) is 15.6. The van der Waals surface area contributed by atoms with Gasteiger partial charge < -0.3 is 10.8 Å². The molecule has 4 N–H and O–H groups in total. The predicted molar refractivity (Wildman–Crippen MR) is 83.4 cm³/mol. The van der Waals surface area contributed by atoms with E-state index in [2.05, 4.69) is 4.72 Å². The molecule has 0 saturated heterocycles. The van der Waals surface area contributed by atoms with Crippen LogP contribution in [0.2, 0.25) is 0 Å². The molecule has 0 aliphatic heterocycles. The Morgan fingerprint density at radius 3 is 2.62 bits per heavy atom. The molecule has 0 radical (unpaired) electrons. The van der Waals surface area contributed by atoms with Gasteiger partial charge >= 0.3 is 0 Å². The molecule has 0 heterocycles. The van der Waals surface area contributed by atoms with E-state index in [1.54, 1.807) is 26.0 Å². The van der Waals surface area contributed by atoms with Gasteiger partial charge in [-0.25, -0.2) is 13.1 Å². The highest BCUT2D eigenvalue weighted by atomic mass is 32.2. The lowest BCUT2D eigenvalue weighted by atomic mass is 9.97. The van der Waals surface area contributed by atoms with E-state index in [1.807, 2.05) is 0 Å². The molecule has 118 valence electrons. The Morgan fingerprint density at radius 2 is 1.95 bits per heavy atom. The number of nitrogens with one attached hydrogen (secondary N) is 1. The second kappa shape index (κ2) is 6.34. The largest absolute Gasteiger partial charge is 0.398 e. The van der Waals surface area contributed by atoms with Crippen LogP contribution in [0.1, 0.15) is 30.4 Å². The molecule has 0 bridgehead atoms. The quantitative estimate of drug-likeness (QED) is 0.720. The number of sulfonamides is 1. The fourth-order valence-electron chi connectivity index (χ4n) is 3.17. The first-order valence-corrected chi connectivity index (χ1v) is 8.81. The highest BCUT2D eigenvalue weighted by Gasteiger charge is 2.29. The van der Waals surface area contributed by atoms with Crippen molar-refractivity contribution in [1.82, 2.24) is 4.72 Å². The van der Waals surface area contributed by atoms with Crippen LogP contribution in [0.3, 0.4) is 0 Å². The van der Waals surface area contributed by atoms with Gasteiger partial charge in [0, 0.05) is 18.8 Å². The number of aryl methyl sites for hydroxylation is 1. The van der Waals surface area contributed by atoms with Gasteiger partial charge in [-0.15, -0.1) is 0 Å². The Labute approximate surface area is 126 Å². The molecule has 21 heavy (non-hydrogen) atoms. The Bertz CT molecular complexity index is 614. The third kappa shape index (κ3) is 3.39. The summed E-state index contributed by atoms with van der Waals surface area (Å²) in [4.78, 5) is 0.279. The molecule has 1 saturated carbocycles. The molecule has 1 aromatic carbocycles. The van der Waals surface area contributed by atoms with E-state index in [-0.39, 0.29) is 23.3 Å². The minimum absolute atomic E-state index is 0.128. The Morgan fingerprint density at radius 1 is 1.29 bits per heavy atom. The van der Waals surface area contributed by atoms with Crippen LogP contribution >= 0.6 is 0 Å². The molecule has 0 aromatic heterocycles. The Hall–Kier alpha value is -1.11. The zero-order valence-corrected chi connectivity index (χ0v) is 13.4. The van der Waals surface area contributed by atoms with Gasteiger partial charge in [-0.2, -0.15) is 0 Å². The van der Waals surface area contributed by atoms with Crippen molar-refractivity contribution in [3.8, 4) is 0 Å². The lowest BCUT2D eigenvalue weighted by molar-refractivity contribution is 0.195. The molecule has 2 unspecified atom stereocenters. The van der Waals surface area contributed by atoms with Crippen LogP contribution in [0.25, 0.3) is 0 Å². The minimum atomic E-state index is -3.57. The van der Waals surface area contributed by atoms with E-state index >= 15 is 0 Å². The van der Waals surface area contributed by atoms with Gasteiger partial charge in [-0.1, -0.05) is 12.5 Å². The van der Waals surface area contributed by atoms with E-state index in [4.69, 9.17) is 5.73 Å². The van der Waals surface area contributed by atoms with E-state index in [0.717, 1.165) is 19.3 Å². The summed E-state index contributed by atoms with van der Waals surface area (Å²) < 4.78 is 27.8. The first-order valence-electron chi connectivity index (χ1n) is 7.33. The minimum Gasteiger partial charge on any atom is -0.398 e. The van der Waals surface area contributed by atoms with E-state index in [9.17, 15) is 13.5 Å². The summed E-state index contributed by atoms with van der Waals surface area (Å²) in [5, 5.41) is 9.31. The highest BCUT2D eigenvalue weighted by molar-refractivity contribution is 7.89. The van der Waals surface area contributed by atoms with Crippen molar-refractivity contribution in [3.05, 3.63) is 23.3 Å². The fraction of sp³-hybridized carbons (Fsp3) is 0.600. The summed E-state index contributed by atoms with van der Waals surface area (Å²) in [6.45, 7) is 4.00. The van der Waals surface area contributed by atoms with Gasteiger partial charge in [0.1, 0.15) is 0 Å². The smallest absolute Gasteiger partial charge is 0.241 e. The van der Waals surface area contributed by atoms with E-state index in [0.29, 0.717) is 23.4 Å². The third-order valence-electron chi connectivity index (χ3n) is 4.50. The number of aliphatic hydroxyl groups excluding tert-OH is 1. The Kier molecular flexibility index (Phi) is 4.91. The zero-order valence-electron chi connectivity index (χ0n) is 12.6. The molecular weight excluding hydrogens is 288 g/mol. The normalized spacial score (nSPS) is 22.6. The monoisotopic (exact) mass is 312 g/mol. The van der Waals surface area contributed by atoms with Crippen LogP contribution in [-0.2, 0) is 10.0 Å². The molecule has 1 aliphatic carbocycles. The van der Waals surface area contributed by atoms with Gasteiger partial charge in [0.2, 0.25) is 10.0 Å². The van der Waals surface area contributed by atoms with E-state index < -0.39 is 10.0 Å². The summed E-state index contributed by atoms with van der Waals surface area (Å²) in [5.74, 6) is 0.419. The molecule has 6 heteroatoms. The SMILES string of the molecule is Cc1ccc(N)c(C)c1S(=O)(=O)NCC1CCCC1CO. The van der Waals surface area contributed by atoms with Crippen molar-refractivity contribution in [2.24, 2.45) is 11.8 Å². The maximum Gasteiger partial charge on any atom is 0.241 e. The van der Waals surface area contributed by atoms with Crippen LogP contribution in [0.4, 0.5) is 5.69 Å². The van der Waals surface area contributed by atoms with Crippen LogP contribution in [0.15, 0.2) is 17.0 Å². The molecule has 1 fully saturated rings. The Balaban J connectivity index is 2.18. The summed E-state index contributed by atoms with van der Waals surface area (Å²) >= 11 is 0. The first-order chi connectivity index (χ1) is 9.86. The number of nitrogens with two attached hydrogens (primary N) is 1. The van der Waals surface area contributed by atoms with Gasteiger partial charge in [0.05, 0.1) is 4.90 Å². The van der Waals surface area contributed by atoms with Gasteiger partial charge in [-0.05, 0) is 55.7 Å². The first kappa shape index (κ1) is 16.3. The second-order valence-electron chi connectivity index (χ2n) is 5.91. The van der Waals surface area contributed by atoms with E-state index in [1.165, 1.54) is 0 Å². The van der Waals surface area contributed by atoms with Crippen LogP contribution in [0.5, 0.6) is 0 Å². The van der Waals surface area contributed by atoms with Gasteiger partial charge in [0.15, 0.2) is 0 Å². The summed E-state index contributed by atoms with van der Waals surface area (Å²) in [6, 6.07) is 3.45. The number of hydrogen-bond acceptors (Lipinski definition) is 4. The molecule has 5 nitrogen and oxygen atoms in total. The topological polar surface area (TPSA) is 92.4 Å². The second-order valence-corrected chi connectivity index (χ2v) is 7.62. The number of anilines is 1. The van der Waals surface area contributed by atoms with Crippen molar-refractivity contribution in [1.29, 1.82) is 0 Å². The molecule has 2 rings (SSSR count). The van der Waals surface area contributed by atoms with Crippen molar-refractivity contribution in [2.75, 3.05) is 18.9 Å². The summed E-state index contributed by atoms with van der Waals surface area (Å²) in [6.07, 6.45) is 2.98. The number of benzene rings is 1. The molecule has 2 atom stereocenters. The maximum absolute atomic E-state index is 12.5. The number of hydrogen-bond donors (Lipinski definition) is 3. The molecule has 0 amide bonds. The average Bonchev–Trinajstić information content (AvgIpc) is 2.88. The highest BCUT2D eigenvalue weighted by Crippen LogP contribution is 2.31. The predicted octanol–water partition coefficient (Wildman–Crippen LogP) is 1.57. The summed E-state index contributed by atoms with van der Waals surface area (Å²) in [7, 11) is -3.57. The number of nitrogen functional groups attached to an aromatic ring is 1. The standard InChI is InChI=1S/C15H24N2O3S/c1-10-6-7-14(16)11(2)15(10)21(19,20)17-8-12-4-3-5-13(12)9-18/h6-7,12-13,17-18H,3-5,8-9,16H2,1-2H3. The third-order valence-corrected chi connectivity index (χ3v) is 6.21.